The van der Waals surface area contributed by atoms with Crippen molar-refractivity contribution in [3.05, 3.63) is 0 Å². The van der Waals surface area contributed by atoms with E-state index in [2.05, 4.69) is 30.6 Å². The molecule has 0 aromatic carbocycles. The van der Waals surface area contributed by atoms with Crippen molar-refractivity contribution in [3.8, 4) is 0 Å². The van der Waals surface area contributed by atoms with Crippen molar-refractivity contribution >= 4 is 0 Å². The number of rotatable bonds is 11. The number of nitrogens with zero attached hydrogens (tertiary/aromatic N) is 2. The van der Waals surface area contributed by atoms with Gasteiger partial charge in [0.15, 0.2) is 0 Å². The fourth-order valence-corrected chi connectivity index (χ4v) is 4.78. The standard InChI is InChI=1S/C18H38N2O4/c1-17(2)12-16(20(6-10-23)7-11-24)13-18(3,14-17)15-19(4-8-21)5-9-22/h16,21-24H,4-15H2,1-3H3. The van der Waals surface area contributed by atoms with E-state index in [0.717, 1.165) is 25.8 Å². The molecule has 0 saturated heterocycles. The first kappa shape index (κ1) is 21.8. The maximum Gasteiger partial charge on any atom is 0.0558 e. The van der Waals surface area contributed by atoms with Crippen LogP contribution in [-0.2, 0) is 0 Å². The Morgan fingerprint density at radius 1 is 0.792 bits per heavy atom. The molecule has 0 aromatic rings. The van der Waals surface area contributed by atoms with Crippen LogP contribution in [0.2, 0.25) is 0 Å². The van der Waals surface area contributed by atoms with Gasteiger partial charge in [0.05, 0.1) is 26.4 Å². The van der Waals surface area contributed by atoms with Crippen molar-refractivity contribution in [2.45, 2.75) is 46.1 Å². The van der Waals surface area contributed by atoms with Crippen LogP contribution in [0, 0.1) is 10.8 Å². The molecule has 0 amide bonds. The third-order valence-electron chi connectivity index (χ3n) is 5.15. The molecule has 1 fully saturated rings. The van der Waals surface area contributed by atoms with Gasteiger partial charge in [-0.15, -0.1) is 0 Å². The van der Waals surface area contributed by atoms with Crippen molar-refractivity contribution in [3.63, 3.8) is 0 Å². The van der Waals surface area contributed by atoms with Gasteiger partial charge in [0.25, 0.3) is 0 Å². The second kappa shape index (κ2) is 10.0. The summed E-state index contributed by atoms with van der Waals surface area (Å²) in [4.78, 5) is 4.35. The molecule has 24 heavy (non-hydrogen) atoms. The van der Waals surface area contributed by atoms with Crippen molar-refractivity contribution < 1.29 is 20.4 Å². The van der Waals surface area contributed by atoms with Crippen LogP contribution in [0.3, 0.4) is 0 Å². The van der Waals surface area contributed by atoms with Gasteiger partial charge in [0, 0.05) is 38.8 Å². The van der Waals surface area contributed by atoms with Crippen LogP contribution < -0.4 is 0 Å². The summed E-state index contributed by atoms with van der Waals surface area (Å²) in [6, 6.07) is 0.336. The maximum absolute atomic E-state index is 9.35. The highest BCUT2D eigenvalue weighted by atomic mass is 16.3. The van der Waals surface area contributed by atoms with Crippen LogP contribution in [0.4, 0.5) is 0 Å². The summed E-state index contributed by atoms with van der Waals surface area (Å²) in [6.07, 6.45) is 3.16. The molecule has 2 unspecified atom stereocenters. The summed E-state index contributed by atoms with van der Waals surface area (Å²) in [5, 5.41) is 37.2. The van der Waals surface area contributed by atoms with Gasteiger partial charge < -0.3 is 20.4 Å². The van der Waals surface area contributed by atoms with Crippen LogP contribution in [0.25, 0.3) is 0 Å². The van der Waals surface area contributed by atoms with E-state index in [9.17, 15) is 20.4 Å². The fourth-order valence-electron chi connectivity index (χ4n) is 4.78. The Morgan fingerprint density at radius 3 is 1.75 bits per heavy atom. The van der Waals surface area contributed by atoms with Crippen molar-refractivity contribution in [1.29, 1.82) is 0 Å². The molecule has 0 radical (unpaired) electrons. The minimum absolute atomic E-state index is 0.0833. The Bertz CT molecular complexity index is 342. The van der Waals surface area contributed by atoms with Crippen LogP contribution in [0.5, 0.6) is 0 Å². The Kier molecular flexibility index (Phi) is 9.12. The van der Waals surface area contributed by atoms with E-state index in [-0.39, 0.29) is 37.3 Å². The van der Waals surface area contributed by atoms with E-state index in [1.54, 1.807) is 0 Å². The van der Waals surface area contributed by atoms with Crippen molar-refractivity contribution in [1.82, 2.24) is 9.80 Å². The maximum atomic E-state index is 9.35. The van der Waals surface area contributed by atoms with Gasteiger partial charge in [-0.1, -0.05) is 20.8 Å². The lowest BCUT2D eigenvalue weighted by atomic mass is 9.62. The van der Waals surface area contributed by atoms with E-state index in [0.29, 0.717) is 32.2 Å². The number of hydrogen-bond donors (Lipinski definition) is 4. The minimum Gasteiger partial charge on any atom is -0.395 e. The molecule has 4 N–H and O–H groups in total. The normalized spacial score (nSPS) is 27.1. The Morgan fingerprint density at radius 2 is 1.29 bits per heavy atom. The molecular weight excluding hydrogens is 308 g/mol. The highest BCUT2D eigenvalue weighted by Gasteiger charge is 2.43. The fraction of sp³-hybridized carbons (Fsp3) is 1.00. The minimum atomic E-state index is 0.0833. The summed E-state index contributed by atoms with van der Waals surface area (Å²) < 4.78 is 0. The molecule has 1 saturated carbocycles. The molecule has 144 valence electrons. The highest BCUT2D eigenvalue weighted by molar-refractivity contribution is 4.96. The second-order valence-corrected chi connectivity index (χ2v) is 8.42. The van der Waals surface area contributed by atoms with E-state index in [4.69, 9.17) is 0 Å². The molecular formula is C18H38N2O4. The summed E-state index contributed by atoms with van der Waals surface area (Å²) in [7, 11) is 0. The molecule has 1 aliphatic carbocycles. The van der Waals surface area contributed by atoms with Crippen LogP contribution in [0.15, 0.2) is 0 Å². The SMILES string of the molecule is CC1(C)CC(N(CCO)CCO)CC(C)(CN(CCO)CCO)C1. The van der Waals surface area contributed by atoms with Gasteiger partial charge in [-0.3, -0.25) is 9.80 Å². The van der Waals surface area contributed by atoms with Gasteiger partial charge in [-0.25, -0.2) is 0 Å². The van der Waals surface area contributed by atoms with Gasteiger partial charge in [-0.2, -0.15) is 0 Å². The average molecular weight is 347 g/mol. The Balaban J connectivity index is 2.88. The molecule has 1 aliphatic rings. The quantitative estimate of drug-likeness (QED) is 0.426. The molecule has 1 rings (SSSR count). The summed E-state index contributed by atoms with van der Waals surface area (Å²) >= 11 is 0. The highest BCUT2D eigenvalue weighted by Crippen LogP contribution is 2.47. The average Bonchev–Trinajstić information content (AvgIpc) is 2.45. The second-order valence-electron chi connectivity index (χ2n) is 8.42. The largest absolute Gasteiger partial charge is 0.395 e. The predicted molar refractivity (Wildman–Crippen MR) is 95.9 cm³/mol. The lowest BCUT2D eigenvalue weighted by molar-refractivity contribution is -0.0164. The zero-order valence-electron chi connectivity index (χ0n) is 15.7. The zero-order valence-corrected chi connectivity index (χ0v) is 15.7. The molecule has 0 heterocycles. The molecule has 2 atom stereocenters. The molecule has 6 nitrogen and oxygen atoms in total. The van der Waals surface area contributed by atoms with Gasteiger partial charge >= 0.3 is 0 Å². The predicted octanol–water partition coefficient (Wildman–Crippen LogP) is 0.145. The topological polar surface area (TPSA) is 87.4 Å². The van der Waals surface area contributed by atoms with Gasteiger partial charge in [0.1, 0.15) is 0 Å². The van der Waals surface area contributed by atoms with E-state index < -0.39 is 0 Å². The number of hydrogen-bond acceptors (Lipinski definition) is 6. The monoisotopic (exact) mass is 346 g/mol. The van der Waals surface area contributed by atoms with E-state index in [1.165, 1.54) is 0 Å². The molecule has 0 aliphatic heterocycles. The molecule has 0 aromatic heterocycles. The van der Waals surface area contributed by atoms with E-state index >= 15 is 0 Å². The Labute approximate surface area is 147 Å². The van der Waals surface area contributed by atoms with Gasteiger partial charge in [0.2, 0.25) is 0 Å². The third kappa shape index (κ3) is 6.94. The number of aliphatic hydroxyl groups is 4. The first-order valence-electron chi connectivity index (χ1n) is 9.19. The number of aliphatic hydroxyl groups excluding tert-OH is 4. The molecule has 6 heteroatoms. The molecule has 0 spiro atoms. The lowest BCUT2D eigenvalue weighted by Crippen LogP contribution is -2.52. The van der Waals surface area contributed by atoms with Crippen molar-refractivity contribution in [2.24, 2.45) is 10.8 Å². The first-order valence-corrected chi connectivity index (χ1v) is 9.19. The summed E-state index contributed by atoms with van der Waals surface area (Å²) in [6.45, 7) is 10.5. The lowest BCUT2D eigenvalue weighted by Gasteiger charge is -2.51. The Hall–Kier alpha value is -0.240. The smallest absolute Gasteiger partial charge is 0.0558 e. The third-order valence-corrected chi connectivity index (χ3v) is 5.15. The first-order chi connectivity index (χ1) is 11.3. The van der Waals surface area contributed by atoms with Crippen LogP contribution in [-0.4, -0.2) is 95.4 Å². The summed E-state index contributed by atoms with van der Waals surface area (Å²) in [5.41, 5.74) is 0.269. The van der Waals surface area contributed by atoms with E-state index in [1.807, 2.05) is 0 Å². The summed E-state index contributed by atoms with van der Waals surface area (Å²) in [5.74, 6) is 0. The zero-order chi connectivity index (χ0) is 18.2. The molecule has 0 bridgehead atoms. The van der Waals surface area contributed by atoms with Crippen LogP contribution in [0.1, 0.15) is 40.0 Å². The van der Waals surface area contributed by atoms with Gasteiger partial charge in [-0.05, 0) is 30.1 Å². The van der Waals surface area contributed by atoms with Crippen LogP contribution >= 0.6 is 0 Å². The van der Waals surface area contributed by atoms with Crippen molar-refractivity contribution in [2.75, 3.05) is 59.2 Å².